The van der Waals surface area contributed by atoms with Crippen LogP contribution < -0.4 is 5.56 Å². The highest BCUT2D eigenvalue weighted by atomic mass is 16.7. The van der Waals surface area contributed by atoms with Crippen LogP contribution in [0.1, 0.15) is 16.1 Å². The van der Waals surface area contributed by atoms with Crippen molar-refractivity contribution in [1.29, 1.82) is 0 Å². The van der Waals surface area contributed by atoms with Gasteiger partial charge in [-0.3, -0.25) is 19.0 Å². The number of fused-ring (bicyclic) bond motifs is 1. The van der Waals surface area contributed by atoms with Crippen LogP contribution >= 0.6 is 0 Å². The Hall–Kier alpha value is -2.40. The van der Waals surface area contributed by atoms with Gasteiger partial charge in [-0.25, -0.2) is 5.06 Å². The van der Waals surface area contributed by atoms with Gasteiger partial charge in [-0.05, 0) is 24.4 Å². The van der Waals surface area contributed by atoms with Gasteiger partial charge in [0.15, 0.2) is 0 Å². The van der Waals surface area contributed by atoms with E-state index in [1.807, 2.05) is 25.1 Å². The molecule has 21 heavy (non-hydrogen) atoms. The van der Waals surface area contributed by atoms with Crippen molar-refractivity contribution in [3.05, 3.63) is 58.5 Å². The summed E-state index contributed by atoms with van der Waals surface area (Å²) >= 11 is 0. The van der Waals surface area contributed by atoms with E-state index in [1.54, 1.807) is 12.1 Å². The van der Waals surface area contributed by atoms with Crippen LogP contribution in [0.2, 0.25) is 0 Å². The maximum atomic E-state index is 12.6. The van der Waals surface area contributed by atoms with Gasteiger partial charge in [0.05, 0.1) is 7.11 Å². The van der Waals surface area contributed by atoms with Gasteiger partial charge in [0.25, 0.3) is 11.5 Å². The molecule has 5 nitrogen and oxygen atoms in total. The van der Waals surface area contributed by atoms with E-state index in [9.17, 15) is 9.59 Å². The van der Waals surface area contributed by atoms with Gasteiger partial charge in [-0.15, -0.1) is 6.58 Å². The third kappa shape index (κ3) is 2.73. The first-order chi connectivity index (χ1) is 9.99. The summed E-state index contributed by atoms with van der Waals surface area (Å²) < 4.78 is 1.41. The van der Waals surface area contributed by atoms with E-state index < -0.39 is 0 Å². The Kier molecular flexibility index (Phi) is 4.23. The number of pyridine rings is 1. The molecule has 0 bridgehead atoms. The number of allylic oxidation sites excluding steroid dienone is 1. The first kappa shape index (κ1) is 15.0. The quantitative estimate of drug-likeness (QED) is 0.639. The third-order valence-corrected chi connectivity index (χ3v) is 3.36. The summed E-state index contributed by atoms with van der Waals surface area (Å²) in [5.41, 5.74) is 1.07. The third-order valence-electron chi connectivity index (χ3n) is 3.36. The summed E-state index contributed by atoms with van der Waals surface area (Å²) in [5, 5.41) is 2.42. The molecule has 110 valence electrons. The highest BCUT2D eigenvalue weighted by Crippen LogP contribution is 2.15. The second-order valence-corrected chi connectivity index (χ2v) is 4.81. The fraction of sp³-hybridized carbons (Fsp3) is 0.250. The lowest BCUT2D eigenvalue weighted by atomic mass is 10.1. The zero-order valence-corrected chi connectivity index (χ0v) is 12.4. The SMILES string of the molecule is C=CCn1c(C(=O)N(C)OC)cc2ccc(C)cc2c1=O. The molecule has 0 fully saturated rings. The maximum absolute atomic E-state index is 12.6. The van der Waals surface area contributed by atoms with Crippen LogP contribution in [0, 0.1) is 6.92 Å². The number of carbonyl (C=O) groups is 1. The molecule has 0 unspecified atom stereocenters. The topological polar surface area (TPSA) is 51.5 Å². The first-order valence-corrected chi connectivity index (χ1v) is 6.57. The number of benzene rings is 1. The minimum Gasteiger partial charge on any atom is -0.299 e. The van der Waals surface area contributed by atoms with Crippen molar-refractivity contribution >= 4 is 16.7 Å². The van der Waals surface area contributed by atoms with Gasteiger partial charge >= 0.3 is 0 Å². The van der Waals surface area contributed by atoms with Gasteiger partial charge in [0.2, 0.25) is 0 Å². The van der Waals surface area contributed by atoms with Gasteiger partial charge in [-0.1, -0.05) is 23.8 Å². The van der Waals surface area contributed by atoms with Crippen molar-refractivity contribution in [1.82, 2.24) is 9.63 Å². The van der Waals surface area contributed by atoms with Crippen molar-refractivity contribution in [3.63, 3.8) is 0 Å². The summed E-state index contributed by atoms with van der Waals surface area (Å²) in [6, 6.07) is 7.28. The number of aromatic nitrogens is 1. The van der Waals surface area contributed by atoms with Gasteiger partial charge in [-0.2, -0.15) is 0 Å². The average Bonchev–Trinajstić information content (AvgIpc) is 2.49. The van der Waals surface area contributed by atoms with Crippen molar-refractivity contribution in [3.8, 4) is 0 Å². The second-order valence-electron chi connectivity index (χ2n) is 4.81. The molecular weight excluding hydrogens is 268 g/mol. The molecule has 0 aliphatic rings. The lowest BCUT2D eigenvalue weighted by molar-refractivity contribution is -0.0763. The van der Waals surface area contributed by atoms with E-state index in [0.717, 1.165) is 16.0 Å². The molecule has 0 atom stereocenters. The molecule has 5 heteroatoms. The number of carbonyl (C=O) groups excluding carboxylic acids is 1. The highest BCUT2D eigenvalue weighted by Gasteiger charge is 2.18. The molecule has 0 aliphatic carbocycles. The zero-order chi connectivity index (χ0) is 15.6. The molecule has 1 aromatic carbocycles. The summed E-state index contributed by atoms with van der Waals surface area (Å²) in [7, 11) is 2.91. The fourth-order valence-corrected chi connectivity index (χ4v) is 2.19. The van der Waals surface area contributed by atoms with Gasteiger partial charge in [0.1, 0.15) is 5.69 Å². The molecule has 1 heterocycles. The molecule has 2 rings (SSSR count). The van der Waals surface area contributed by atoms with Crippen LogP contribution in [0.25, 0.3) is 10.8 Å². The Morgan fingerprint density at radius 2 is 2.14 bits per heavy atom. The minimum absolute atomic E-state index is 0.205. The van der Waals surface area contributed by atoms with Crippen LogP contribution in [0.15, 0.2) is 41.7 Å². The van der Waals surface area contributed by atoms with E-state index >= 15 is 0 Å². The molecule has 2 aromatic rings. The second kappa shape index (κ2) is 5.93. The van der Waals surface area contributed by atoms with E-state index in [0.29, 0.717) is 5.39 Å². The largest absolute Gasteiger partial charge is 0.299 e. The predicted molar refractivity (Wildman–Crippen MR) is 82.2 cm³/mol. The summed E-state index contributed by atoms with van der Waals surface area (Å²) in [5.74, 6) is -0.376. The number of nitrogens with zero attached hydrogens (tertiary/aromatic N) is 2. The number of hydroxylamine groups is 2. The number of hydrogen-bond acceptors (Lipinski definition) is 3. The Morgan fingerprint density at radius 1 is 1.43 bits per heavy atom. The minimum atomic E-state index is -0.376. The van der Waals surface area contributed by atoms with Crippen molar-refractivity contribution < 1.29 is 9.63 Å². The van der Waals surface area contributed by atoms with Gasteiger partial charge < -0.3 is 0 Å². The molecule has 0 radical (unpaired) electrons. The number of rotatable bonds is 4. The molecular formula is C16H18N2O3. The van der Waals surface area contributed by atoms with Crippen LogP contribution in [0.5, 0.6) is 0 Å². The van der Waals surface area contributed by atoms with Gasteiger partial charge in [0, 0.05) is 19.0 Å². The fourth-order valence-electron chi connectivity index (χ4n) is 2.19. The Balaban J connectivity index is 2.77. The molecule has 0 aliphatic heterocycles. The lowest BCUT2D eigenvalue weighted by Gasteiger charge is -2.17. The standard InChI is InChI=1S/C16H18N2O3/c1-5-8-18-14(16(20)17(3)21-4)10-12-7-6-11(2)9-13(12)15(18)19/h5-7,9-10H,1,8H2,2-4H3. The van der Waals surface area contributed by atoms with Crippen molar-refractivity contribution in [2.45, 2.75) is 13.5 Å². The van der Waals surface area contributed by atoms with E-state index in [2.05, 4.69) is 6.58 Å². The summed E-state index contributed by atoms with van der Waals surface area (Å²) in [6.45, 7) is 5.83. The van der Waals surface area contributed by atoms with E-state index in [-0.39, 0.29) is 23.7 Å². The molecule has 0 N–H and O–H groups in total. The number of hydrogen-bond donors (Lipinski definition) is 0. The Labute approximate surface area is 123 Å². The molecule has 1 aromatic heterocycles. The number of aryl methyl sites for hydroxylation is 1. The predicted octanol–water partition coefficient (Wildman–Crippen LogP) is 2.13. The Bertz CT molecular complexity index is 762. The molecule has 0 saturated carbocycles. The van der Waals surface area contributed by atoms with Crippen molar-refractivity contribution in [2.75, 3.05) is 14.2 Å². The molecule has 1 amide bonds. The Morgan fingerprint density at radius 3 is 2.76 bits per heavy atom. The lowest BCUT2D eigenvalue weighted by Crippen LogP contribution is -2.33. The zero-order valence-electron chi connectivity index (χ0n) is 12.4. The summed E-state index contributed by atoms with van der Waals surface area (Å²) in [4.78, 5) is 29.9. The maximum Gasteiger partial charge on any atom is 0.293 e. The van der Waals surface area contributed by atoms with Crippen LogP contribution in [-0.4, -0.2) is 29.7 Å². The highest BCUT2D eigenvalue weighted by molar-refractivity contribution is 5.96. The first-order valence-electron chi connectivity index (χ1n) is 6.57. The van der Waals surface area contributed by atoms with Crippen LogP contribution in [-0.2, 0) is 11.4 Å². The van der Waals surface area contributed by atoms with Crippen molar-refractivity contribution in [2.24, 2.45) is 0 Å². The van der Waals surface area contributed by atoms with Crippen LogP contribution in [0.4, 0.5) is 0 Å². The van der Waals surface area contributed by atoms with E-state index in [1.165, 1.54) is 18.7 Å². The molecule has 0 spiro atoms. The molecule has 0 saturated heterocycles. The normalized spacial score (nSPS) is 10.6. The summed E-state index contributed by atoms with van der Waals surface area (Å²) in [6.07, 6.45) is 1.59. The number of amides is 1. The monoisotopic (exact) mass is 286 g/mol. The smallest absolute Gasteiger partial charge is 0.293 e. The average molecular weight is 286 g/mol. The van der Waals surface area contributed by atoms with E-state index in [4.69, 9.17) is 4.84 Å². The van der Waals surface area contributed by atoms with Crippen LogP contribution in [0.3, 0.4) is 0 Å².